The Hall–Kier alpha value is -0.640. The van der Waals surface area contributed by atoms with E-state index in [1.54, 1.807) is 28.1 Å². The van der Waals surface area contributed by atoms with Gasteiger partial charge < -0.3 is 78.4 Å². The topological polar surface area (TPSA) is 225 Å². The summed E-state index contributed by atoms with van der Waals surface area (Å²) in [6.45, 7) is 10.8. The van der Waals surface area contributed by atoms with Crippen molar-refractivity contribution in [1.82, 2.24) is 0 Å². The van der Waals surface area contributed by atoms with Gasteiger partial charge in [0.15, 0.2) is 18.9 Å². The molecule has 23 atom stereocenters. The van der Waals surface area contributed by atoms with Gasteiger partial charge in [-0.15, -0.1) is 0 Å². The van der Waals surface area contributed by atoms with E-state index in [9.17, 15) is 35.7 Å². The van der Waals surface area contributed by atoms with E-state index < -0.39 is 114 Å². The Labute approximate surface area is 342 Å². The van der Waals surface area contributed by atoms with Crippen LogP contribution in [0.2, 0.25) is 0 Å². The third-order valence-electron chi connectivity index (χ3n) is 16.7. The average Bonchev–Trinajstić information content (AvgIpc) is 3.41. The predicted molar refractivity (Wildman–Crippen MR) is 204 cm³/mol. The van der Waals surface area contributed by atoms with E-state index >= 15 is 0 Å². The molecule has 0 unspecified atom stereocenters. The molecule has 3 aliphatic heterocycles. The fourth-order valence-corrected chi connectivity index (χ4v) is 13.0. The van der Waals surface area contributed by atoms with Crippen molar-refractivity contribution in [3.63, 3.8) is 0 Å². The quantitative estimate of drug-likeness (QED) is 0.154. The number of methoxy groups -OCH3 is 3. The van der Waals surface area contributed by atoms with E-state index in [1.165, 1.54) is 14.0 Å². The molecule has 7 aliphatic rings. The van der Waals surface area contributed by atoms with Crippen LogP contribution in [0.5, 0.6) is 0 Å². The number of rotatable bonds is 10. The lowest BCUT2D eigenvalue weighted by atomic mass is 9.40. The van der Waals surface area contributed by atoms with Crippen molar-refractivity contribution in [2.75, 3.05) is 21.3 Å². The minimum Gasteiger partial charge on any atom is -0.392 e. The summed E-state index contributed by atoms with van der Waals surface area (Å²) in [5.74, 6) is -0.233. The van der Waals surface area contributed by atoms with Gasteiger partial charge in [-0.1, -0.05) is 13.8 Å². The van der Waals surface area contributed by atoms with Crippen LogP contribution in [-0.2, 0) is 42.6 Å². The summed E-state index contributed by atoms with van der Waals surface area (Å²) in [6.07, 6.45) is -6.94. The van der Waals surface area contributed by atoms with E-state index in [0.717, 1.165) is 12.8 Å². The summed E-state index contributed by atoms with van der Waals surface area (Å²) < 4.78 is 55.2. The maximum absolute atomic E-state index is 12.6. The first kappa shape index (κ1) is 45.4. The SMILES string of the molecule is CO[C@@H]1[C@@H](O)[C@H](O[C@H]2[C@@H](OC)C[C@H](O[C@H]3[C@@H](OC)C[C@H](O[C@H]4CC[C@@]5(C)[C@@H](CC[C@]6(O)[C@@H]5C[C@@H](O)[C@@]5(C)[C@]6(O)CC[C@@]5(O)[C@@H](C)O)C4)O[C@@H]3C)O[C@@H]2C)O[C@H](C)[C@H]1O. The molecule has 16 nitrogen and oxygen atoms in total. The molecule has 336 valence electrons. The molecular weight excluding hydrogens is 760 g/mol. The van der Waals surface area contributed by atoms with Crippen molar-refractivity contribution in [2.24, 2.45) is 22.7 Å². The molecule has 0 amide bonds. The molecule has 4 aliphatic carbocycles. The number of hydrogen-bond donors (Lipinski definition) is 7. The molecule has 7 rings (SSSR count). The largest absolute Gasteiger partial charge is 0.392 e. The van der Waals surface area contributed by atoms with Gasteiger partial charge in [0.05, 0.1) is 59.8 Å². The normalized spacial score (nSPS) is 56.6. The van der Waals surface area contributed by atoms with Crippen LogP contribution in [-0.4, -0.2) is 172 Å². The molecule has 16 heteroatoms. The average molecular weight is 833 g/mol. The predicted octanol–water partition coefficient (Wildman–Crippen LogP) is 1.28. The highest BCUT2D eigenvalue weighted by Gasteiger charge is 2.80. The zero-order valence-corrected chi connectivity index (χ0v) is 35.8. The lowest BCUT2D eigenvalue weighted by Gasteiger charge is -2.69. The first-order valence-corrected chi connectivity index (χ1v) is 21.6. The monoisotopic (exact) mass is 832 g/mol. The Bertz CT molecular complexity index is 1420. The molecule has 3 heterocycles. The smallest absolute Gasteiger partial charge is 0.187 e. The maximum atomic E-state index is 12.6. The Morgan fingerprint density at radius 3 is 1.83 bits per heavy atom. The summed E-state index contributed by atoms with van der Waals surface area (Å²) >= 11 is 0. The van der Waals surface area contributed by atoms with Crippen LogP contribution in [0, 0.1) is 22.7 Å². The van der Waals surface area contributed by atoms with Crippen LogP contribution in [0.25, 0.3) is 0 Å². The molecule has 0 spiro atoms. The van der Waals surface area contributed by atoms with Gasteiger partial charge in [-0.05, 0) is 96.3 Å². The summed E-state index contributed by atoms with van der Waals surface area (Å²) in [7, 11) is 4.64. The first-order chi connectivity index (χ1) is 27.2. The van der Waals surface area contributed by atoms with E-state index in [1.807, 2.05) is 13.8 Å². The standard InChI is InChI=1S/C42H72O16/c1-20-32(45)36(52-9)33(46)37(55-20)58-35-22(3)54-31(18-27(35)51-8)57-34-21(2)53-30(17-26(34)50-7)56-25-11-12-38(5)24(16-25)10-13-41(48)28(38)19-29(44)39(6)40(47,23(4)43)14-15-42(39,41)49/h20-37,43-49H,10-19H2,1-9H3/t20-,21-,22-,23-,24+,25+,26+,27+,28-,29-,30+,31+,32-,33-,34-,35-,36+,37+,38+,39-,40-,41+,42-/m1/s1. The molecule has 7 N–H and O–H groups in total. The second-order valence-corrected chi connectivity index (χ2v) is 19.3. The third-order valence-corrected chi connectivity index (χ3v) is 16.7. The number of fused-ring (bicyclic) bond motifs is 5. The van der Waals surface area contributed by atoms with Gasteiger partial charge in [-0.2, -0.15) is 0 Å². The summed E-state index contributed by atoms with van der Waals surface area (Å²) in [5.41, 5.74) is -6.89. The fourth-order valence-electron chi connectivity index (χ4n) is 13.0. The minimum absolute atomic E-state index is 0.0916. The van der Waals surface area contributed by atoms with Crippen molar-refractivity contribution in [3.8, 4) is 0 Å². The minimum atomic E-state index is -1.76. The van der Waals surface area contributed by atoms with Gasteiger partial charge in [-0.25, -0.2) is 0 Å². The third kappa shape index (κ3) is 6.96. The molecule has 0 aromatic carbocycles. The van der Waals surface area contributed by atoms with Crippen molar-refractivity contribution in [3.05, 3.63) is 0 Å². The van der Waals surface area contributed by atoms with Crippen molar-refractivity contribution in [1.29, 1.82) is 0 Å². The Balaban J connectivity index is 0.952. The van der Waals surface area contributed by atoms with Gasteiger partial charge in [0.25, 0.3) is 0 Å². The number of aliphatic hydroxyl groups excluding tert-OH is 4. The van der Waals surface area contributed by atoms with Crippen molar-refractivity contribution >= 4 is 0 Å². The zero-order valence-electron chi connectivity index (χ0n) is 35.8. The molecule has 0 radical (unpaired) electrons. The summed E-state index contributed by atoms with van der Waals surface area (Å²) in [6, 6.07) is 0. The van der Waals surface area contributed by atoms with Crippen LogP contribution in [0.3, 0.4) is 0 Å². The van der Waals surface area contributed by atoms with Crippen LogP contribution < -0.4 is 0 Å². The number of ether oxygens (including phenoxy) is 9. The van der Waals surface area contributed by atoms with Gasteiger partial charge in [0.1, 0.15) is 41.7 Å². The highest BCUT2D eigenvalue weighted by molar-refractivity contribution is 5.30. The Morgan fingerprint density at radius 1 is 0.638 bits per heavy atom. The second-order valence-electron chi connectivity index (χ2n) is 19.3. The lowest BCUT2D eigenvalue weighted by molar-refractivity contribution is -0.353. The molecule has 0 aromatic heterocycles. The van der Waals surface area contributed by atoms with Crippen LogP contribution in [0.15, 0.2) is 0 Å². The zero-order chi connectivity index (χ0) is 42.3. The number of hydrogen-bond acceptors (Lipinski definition) is 16. The van der Waals surface area contributed by atoms with Crippen LogP contribution in [0.4, 0.5) is 0 Å². The lowest BCUT2D eigenvalue weighted by Crippen LogP contribution is -2.79. The molecule has 0 bridgehead atoms. The fraction of sp³-hybridized carbons (Fsp3) is 1.00. The van der Waals surface area contributed by atoms with Gasteiger partial charge >= 0.3 is 0 Å². The summed E-state index contributed by atoms with van der Waals surface area (Å²) in [5, 5.41) is 80.3. The maximum Gasteiger partial charge on any atom is 0.187 e. The Morgan fingerprint density at radius 2 is 1.24 bits per heavy atom. The second kappa shape index (κ2) is 16.5. The van der Waals surface area contributed by atoms with E-state index in [2.05, 4.69) is 6.92 Å². The van der Waals surface area contributed by atoms with Gasteiger partial charge in [0, 0.05) is 34.2 Å². The van der Waals surface area contributed by atoms with E-state index in [-0.39, 0.29) is 42.8 Å². The van der Waals surface area contributed by atoms with Crippen molar-refractivity contribution in [2.45, 2.75) is 221 Å². The molecule has 0 aromatic rings. The van der Waals surface area contributed by atoms with Crippen molar-refractivity contribution < 1.29 is 78.4 Å². The van der Waals surface area contributed by atoms with E-state index in [0.29, 0.717) is 32.1 Å². The number of aliphatic hydroxyl groups is 7. The summed E-state index contributed by atoms with van der Waals surface area (Å²) in [4.78, 5) is 0. The molecule has 4 saturated carbocycles. The molecule has 3 saturated heterocycles. The van der Waals surface area contributed by atoms with Gasteiger partial charge in [-0.3, -0.25) is 0 Å². The first-order valence-electron chi connectivity index (χ1n) is 21.6. The highest BCUT2D eigenvalue weighted by Crippen LogP contribution is 2.71. The molecular formula is C42H72O16. The molecule has 58 heavy (non-hydrogen) atoms. The van der Waals surface area contributed by atoms with E-state index in [4.69, 9.17) is 42.6 Å². The van der Waals surface area contributed by atoms with Gasteiger partial charge in [0.2, 0.25) is 0 Å². The van der Waals surface area contributed by atoms with Crippen LogP contribution in [0.1, 0.15) is 106 Å². The molecule has 7 fully saturated rings. The highest BCUT2D eigenvalue weighted by atomic mass is 16.8. The van der Waals surface area contributed by atoms with Crippen LogP contribution >= 0.6 is 0 Å². The Kier molecular flexibility index (Phi) is 12.9.